The lowest BCUT2D eigenvalue weighted by Gasteiger charge is -2.18. The second-order valence-corrected chi connectivity index (χ2v) is 7.47. The van der Waals surface area contributed by atoms with Gasteiger partial charge in [-0.1, -0.05) is 47.2 Å². The van der Waals surface area contributed by atoms with Crippen LogP contribution in [0.2, 0.25) is 5.02 Å². The van der Waals surface area contributed by atoms with Crippen LogP contribution in [-0.2, 0) is 11.3 Å². The van der Waals surface area contributed by atoms with Crippen LogP contribution in [0.1, 0.15) is 5.56 Å². The van der Waals surface area contributed by atoms with Gasteiger partial charge in [0.05, 0.1) is 10.2 Å². The van der Waals surface area contributed by atoms with Crippen molar-refractivity contribution < 1.29 is 14.3 Å². The summed E-state index contributed by atoms with van der Waals surface area (Å²) in [5, 5.41) is 0.584. The number of nitrogens with zero attached hydrogens (tertiary/aromatic N) is 2. The number of hydrogen-bond donors (Lipinski definition) is 0. The van der Waals surface area contributed by atoms with Crippen LogP contribution in [0.4, 0.5) is 0 Å². The number of amides is 1. The molecule has 0 unspecified atom stereocenters. The summed E-state index contributed by atoms with van der Waals surface area (Å²) >= 11 is 7.54. The molecule has 2 heterocycles. The van der Waals surface area contributed by atoms with Crippen LogP contribution in [-0.4, -0.2) is 23.7 Å². The van der Waals surface area contributed by atoms with Crippen LogP contribution in [0.5, 0.6) is 11.5 Å². The molecular formula is C21H17ClN2O3S. The molecule has 142 valence electrons. The summed E-state index contributed by atoms with van der Waals surface area (Å²) < 4.78 is 14.2. The fourth-order valence-corrected chi connectivity index (χ4v) is 4.15. The number of carbonyl (C=O) groups is 1. The van der Waals surface area contributed by atoms with E-state index in [1.807, 2.05) is 34.9 Å². The summed E-state index contributed by atoms with van der Waals surface area (Å²) in [6.07, 6.45) is 4.85. The molecule has 1 aliphatic rings. The van der Waals surface area contributed by atoms with E-state index in [2.05, 4.69) is 11.6 Å². The quantitative estimate of drug-likeness (QED) is 0.469. The Morgan fingerprint density at radius 2 is 2.00 bits per heavy atom. The van der Waals surface area contributed by atoms with Gasteiger partial charge in [0.25, 0.3) is 5.91 Å². The van der Waals surface area contributed by atoms with Crippen molar-refractivity contribution in [1.29, 1.82) is 0 Å². The first-order valence-electron chi connectivity index (χ1n) is 8.71. The van der Waals surface area contributed by atoms with Crippen LogP contribution in [0.3, 0.4) is 0 Å². The summed E-state index contributed by atoms with van der Waals surface area (Å²) in [7, 11) is 0. The molecule has 5 nitrogen and oxygen atoms in total. The maximum Gasteiger partial charge on any atom is 0.272 e. The molecule has 0 saturated carbocycles. The van der Waals surface area contributed by atoms with Crippen LogP contribution in [0.15, 0.2) is 60.1 Å². The Labute approximate surface area is 170 Å². The molecule has 1 amide bonds. The van der Waals surface area contributed by atoms with Gasteiger partial charge in [0.1, 0.15) is 13.2 Å². The molecule has 0 bridgehead atoms. The van der Waals surface area contributed by atoms with Gasteiger partial charge in [-0.3, -0.25) is 4.79 Å². The molecule has 3 aromatic rings. The Hall–Kier alpha value is -2.83. The zero-order valence-corrected chi connectivity index (χ0v) is 16.5. The highest BCUT2D eigenvalue weighted by Gasteiger charge is 2.16. The Bertz CT molecular complexity index is 1160. The van der Waals surface area contributed by atoms with Gasteiger partial charge in [0.15, 0.2) is 16.3 Å². The van der Waals surface area contributed by atoms with Crippen LogP contribution in [0, 0.1) is 0 Å². The molecule has 0 spiro atoms. The van der Waals surface area contributed by atoms with Crippen molar-refractivity contribution >= 4 is 45.1 Å². The molecule has 0 N–H and O–H groups in total. The Kier molecular flexibility index (Phi) is 5.32. The fraction of sp³-hybridized carbons (Fsp3) is 0.143. The molecule has 1 aromatic heterocycles. The molecule has 0 atom stereocenters. The SMILES string of the molecule is C=CCn1c(=NC(=O)/C=C/c2ccccc2Cl)sc2cc3c(cc21)OCCO3. The number of ether oxygens (including phenoxy) is 2. The number of allylic oxidation sites excluding steroid dienone is 1. The van der Waals surface area contributed by atoms with Crippen molar-refractivity contribution in [2.45, 2.75) is 6.54 Å². The van der Waals surface area contributed by atoms with Crippen molar-refractivity contribution in [2.24, 2.45) is 4.99 Å². The third-order valence-electron chi connectivity index (χ3n) is 4.17. The summed E-state index contributed by atoms with van der Waals surface area (Å²) in [5.74, 6) is 1.05. The van der Waals surface area contributed by atoms with Crippen molar-refractivity contribution in [3.05, 3.63) is 70.5 Å². The predicted molar refractivity (Wildman–Crippen MR) is 112 cm³/mol. The van der Waals surface area contributed by atoms with E-state index in [0.717, 1.165) is 15.8 Å². The number of fused-ring (bicyclic) bond motifs is 2. The lowest BCUT2D eigenvalue weighted by molar-refractivity contribution is -0.113. The first kappa shape index (κ1) is 18.5. The normalized spacial score (nSPS) is 14.0. The molecule has 4 rings (SSSR count). The van der Waals surface area contributed by atoms with Crippen molar-refractivity contribution in [3.8, 4) is 11.5 Å². The number of halogens is 1. The molecule has 1 aliphatic heterocycles. The van der Waals surface area contributed by atoms with Gasteiger partial charge < -0.3 is 14.0 Å². The first-order valence-corrected chi connectivity index (χ1v) is 9.90. The molecule has 0 fully saturated rings. The number of benzene rings is 2. The monoisotopic (exact) mass is 412 g/mol. The topological polar surface area (TPSA) is 52.8 Å². The zero-order valence-electron chi connectivity index (χ0n) is 14.9. The molecule has 0 saturated heterocycles. The summed E-state index contributed by atoms with van der Waals surface area (Å²) in [6.45, 7) is 5.38. The number of aromatic nitrogens is 1. The standard InChI is InChI=1S/C21H17ClN2O3S/c1-2-9-24-16-12-17-18(27-11-10-26-17)13-19(16)28-21(24)23-20(25)8-7-14-5-3-4-6-15(14)22/h2-8,12-13H,1,9-11H2/b8-7+,23-21?. The highest BCUT2D eigenvalue weighted by molar-refractivity contribution is 7.16. The van der Waals surface area contributed by atoms with E-state index in [4.69, 9.17) is 21.1 Å². The molecule has 0 aliphatic carbocycles. The van der Waals surface area contributed by atoms with Gasteiger partial charge >= 0.3 is 0 Å². The third kappa shape index (κ3) is 3.74. The second-order valence-electron chi connectivity index (χ2n) is 6.05. The first-order chi connectivity index (χ1) is 13.7. The van der Waals surface area contributed by atoms with Crippen LogP contribution < -0.4 is 14.3 Å². The lowest BCUT2D eigenvalue weighted by atomic mass is 10.2. The molecule has 28 heavy (non-hydrogen) atoms. The van der Waals surface area contributed by atoms with Crippen molar-refractivity contribution in [3.63, 3.8) is 0 Å². The van der Waals surface area contributed by atoms with Gasteiger partial charge in [0, 0.05) is 29.8 Å². The van der Waals surface area contributed by atoms with Gasteiger partial charge in [-0.05, 0) is 17.7 Å². The number of rotatable bonds is 4. The molecule has 0 radical (unpaired) electrons. The van der Waals surface area contributed by atoms with E-state index in [9.17, 15) is 4.79 Å². The van der Waals surface area contributed by atoms with E-state index >= 15 is 0 Å². The van der Waals surface area contributed by atoms with E-state index < -0.39 is 0 Å². The van der Waals surface area contributed by atoms with Gasteiger partial charge in [-0.15, -0.1) is 6.58 Å². The minimum absolute atomic E-state index is 0.360. The Balaban J connectivity index is 1.74. The third-order valence-corrected chi connectivity index (χ3v) is 5.56. The maximum absolute atomic E-state index is 12.4. The summed E-state index contributed by atoms with van der Waals surface area (Å²) in [5.41, 5.74) is 1.70. The smallest absolute Gasteiger partial charge is 0.272 e. The number of carbonyl (C=O) groups excluding carboxylic acids is 1. The summed E-state index contributed by atoms with van der Waals surface area (Å²) in [6, 6.07) is 11.2. The van der Waals surface area contributed by atoms with Crippen LogP contribution >= 0.6 is 22.9 Å². The predicted octanol–water partition coefficient (Wildman–Crippen LogP) is 4.45. The average molecular weight is 413 g/mol. The second kappa shape index (κ2) is 8.04. The summed E-state index contributed by atoms with van der Waals surface area (Å²) in [4.78, 5) is 17.3. The van der Waals surface area contributed by atoms with E-state index in [-0.39, 0.29) is 5.91 Å². The highest BCUT2D eigenvalue weighted by atomic mass is 35.5. The van der Waals surface area contributed by atoms with Crippen molar-refractivity contribution in [1.82, 2.24) is 4.57 Å². The minimum Gasteiger partial charge on any atom is -0.486 e. The van der Waals surface area contributed by atoms with E-state index in [0.29, 0.717) is 41.1 Å². The zero-order chi connectivity index (χ0) is 19.5. The highest BCUT2D eigenvalue weighted by Crippen LogP contribution is 2.35. The minimum atomic E-state index is -0.360. The average Bonchev–Trinajstić information content (AvgIpc) is 3.02. The maximum atomic E-state index is 12.4. The number of thiazole rings is 1. The van der Waals surface area contributed by atoms with Crippen molar-refractivity contribution in [2.75, 3.05) is 13.2 Å². The Morgan fingerprint density at radius 1 is 1.25 bits per heavy atom. The van der Waals surface area contributed by atoms with E-state index in [1.54, 1.807) is 18.2 Å². The molecule has 2 aromatic carbocycles. The molecule has 7 heteroatoms. The Morgan fingerprint density at radius 3 is 2.75 bits per heavy atom. The fourth-order valence-electron chi connectivity index (χ4n) is 2.90. The molecular weight excluding hydrogens is 396 g/mol. The van der Waals surface area contributed by atoms with Crippen LogP contribution in [0.25, 0.3) is 16.3 Å². The number of hydrogen-bond acceptors (Lipinski definition) is 4. The largest absolute Gasteiger partial charge is 0.486 e. The van der Waals surface area contributed by atoms with Gasteiger partial charge in [-0.2, -0.15) is 4.99 Å². The van der Waals surface area contributed by atoms with E-state index in [1.165, 1.54) is 17.4 Å². The van der Waals surface area contributed by atoms with Gasteiger partial charge in [0.2, 0.25) is 0 Å². The van der Waals surface area contributed by atoms with Gasteiger partial charge in [-0.25, -0.2) is 0 Å². The lowest BCUT2D eigenvalue weighted by Crippen LogP contribution is -2.17.